The molecule has 2 saturated heterocycles. The normalized spacial score (nSPS) is 22.6. The van der Waals surface area contributed by atoms with E-state index in [0.717, 1.165) is 18.4 Å². The van der Waals surface area contributed by atoms with Crippen molar-refractivity contribution >= 4 is 23.4 Å². The highest BCUT2D eigenvalue weighted by molar-refractivity contribution is 6.30. The van der Waals surface area contributed by atoms with Gasteiger partial charge in [-0.05, 0) is 43.4 Å². The molecule has 0 aliphatic carbocycles. The monoisotopic (exact) mass is 394 g/mol. The van der Waals surface area contributed by atoms with Gasteiger partial charge in [0, 0.05) is 38.3 Å². The zero-order valence-corrected chi connectivity index (χ0v) is 16.5. The number of rotatable bonds is 4. The van der Waals surface area contributed by atoms with Crippen molar-refractivity contribution in [3.63, 3.8) is 0 Å². The molecule has 27 heavy (non-hydrogen) atoms. The van der Waals surface area contributed by atoms with Gasteiger partial charge in [0.1, 0.15) is 6.61 Å². The molecule has 0 spiro atoms. The minimum atomic E-state index is -0.922. The quantitative estimate of drug-likeness (QED) is 0.848. The molecule has 1 aromatic carbocycles. The molecule has 7 heteroatoms. The first-order valence-corrected chi connectivity index (χ1v) is 9.85. The van der Waals surface area contributed by atoms with Gasteiger partial charge in [0.2, 0.25) is 11.8 Å². The first-order valence-electron chi connectivity index (χ1n) is 9.47. The number of likely N-dealkylation sites (tertiary alicyclic amines) is 2. The van der Waals surface area contributed by atoms with Gasteiger partial charge >= 0.3 is 0 Å². The summed E-state index contributed by atoms with van der Waals surface area (Å²) in [5, 5.41) is 11.6. The van der Waals surface area contributed by atoms with Crippen LogP contribution < -0.4 is 0 Å². The Morgan fingerprint density at radius 3 is 2.48 bits per heavy atom. The average Bonchev–Trinajstić information content (AvgIpc) is 2.69. The van der Waals surface area contributed by atoms with Crippen LogP contribution in [0.5, 0.6) is 0 Å². The predicted molar refractivity (Wildman–Crippen MR) is 102 cm³/mol. The third kappa shape index (κ3) is 4.62. The molecule has 0 saturated carbocycles. The predicted octanol–water partition coefficient (Wildman–Crippen LogP) is 2.04. The SMILES string of the molecule is COCC(=O)N1CCCC(C(=O)N2CCC(O)(c3ccc(Cl)cc3)CC2)C1. The highest BCUT2D eigenvalue weighted by Gasteiger charge is 2.38. The molecule has 1 atom stereocenters. The van der Waals surface area contributed by atoms with E-state index < -0.39 is 5.60 Å². The second kappa shape index (κ2) is 8.59. The van der Waals surface area contributed by atoms with Crippen LogP contribution in [0, 0.1) is 5.92 Å². The molecule has 2 aliphatic rings. The largest absolute Gasteiger partial charge is 0.385 e. The molecular weight excluding hydrogens is 368 g/mol. The number of halogens is 1. The summed E-state index contributed by atoms with van der Waals surface area (Å²) in [5.74, 6) is -0.143. The Morgan fingerprint density at radius 1 is 1.19 bits per heavy atom. The Morgan fingerprint density at radius 2 is 1.85 bits per heavy atom. The number of carbonyl (C=O) groups is 2. The molecule has 1 aromatic rings. The highest BCUT2D eigenvalue weighted by Crippen LogP contribution is 2.34. The Bertz CT molecular complexity index is 671. The van der Waals surface area contributed by atoms with Gasteiger partial charge in [-0.15, -0.1) is 0 Å². The number of ether oxygens (including phenoxy) is 1. The smallest absolute Gasteiger partial charge is 0.248 e. The van der Waals surface area contributed by atoms with Crippen LogP contribution in [0.25, 0.3) is 0 Å². The number of hydrogen-bond acceptors (Lipinski definition) is 4. The summed E-state index contributed by atoms with van der Waals surface area (Å²) in [6.07, 6.45) is 2.63. The Kier molecular flexibility index (Phi) is 6.40. The number of carbonyl (C=O) groups excluding carboxylic acids is 2. The molecule has 0 aromatic heterocycles. The third-order valence-electron chi connectivity index (χ3n) is 5.67. The van der Waals surface area contributed by atoms with Crippen molar-refractivity contribution in [3.05, 3.63) is 34.9 Å². The van der Waals surface area contributed by atoms with Crippen LogP contribution in [0.4, 0.5) is 0 Å². The fourth-order valence-electron chi connectivity index (χ4n) is 4.02. The lowest BCUT2D eigenvalue weighted by Gasteiger charge is -2.41. The summed E-state index contributed by atoms with van der Waals surface area (Å²) in [6.45, 7) is 2.22. The van der Waals surface area contributed by atoms with Crippen molar-refractivity contribution in [1.82, 2.24) is 9.80 Å². The highest BCUT2D eigenvalue weighted by atomic mass is 35.5. The Balaban J connectivity index is 1.58. The molecular formula is C20H27ClN2O4. The number of piperidine rings is 2. The van der Waals surface area contributed by atoms with Crippen LogP contribution in [-0.2, 0) is 19.9 Å². The number of amides is 2. The van der Waals surface area contributed by atoms with Gasteiger partial charge in [0.15, 0.2) is 0 Å². The molecule has 3 rings (SSSR count). The maximum atomic E-state index is 12.9. The summed E-state index contributed by atoms with van der Waals surface area (Å²) in [4.78, 5) is 28.5. The van der Waals surface area contributed by atoms with Crippen molar-refractivity contribution in [1.29, 1.82) is 0 Å². The van der Waals surface area contributed by atoms with Crippen LogP contribution in [-0.4, -0.2) is 66.6 Å². The summed E-state index contributed by atoms with van der Waals surface area (Å²) in [5.41, 5.74) is -0.0815. The van der Waals surface area contributed by atoms with E-state index in [9.17, 15) is 14.7 Å². The fourth-order valence-corrected chi connectivity index (χ4v) is 4.15. The molecule has 6 nitrogen and oxygen atoms in total. The Labute approximate surface area is 165 Å². The van der Waals surface area contributed by atoms with Crippen LogP contribution in [0.15, 0.2) is 24.3 Å². The lowest BCUT2D eigenvalue weighted by atomic mass is 9.84. The van der Waals surface area contributed by atoms with Crippen molar-refractivity contribution in [2.24, 2.45) is 5.92 Å². The van der Waals surface area contributed by atoms with E-state index >= 15 is 0 Å². The minimum absolute atomic E-state index is 0.0543. The standard InChI is InChI=1S/C20H27ClN2O4/c1-27-14-18(24)23-10-2-3-15(13-23)19(25)22-11-8-20(26,9-12-22)16-4-6-17(21)7-5-16/h4-7,15,26H,2-3,8-14H2,1H3. The number of methoxy groups -OCH3 is 1. The van der Waals surface area contributed by atoms with Gasteiger partial charge in [0.05, 0.1) is 11.5 Å². The lowest BCUT2D eigenvalue weighted by Crippen LogP contribution is -2.51. The fraction of sp³-hybridized carbons (Fsp3) is 0.600. The van der Waals surface area contributed by atoms with Gasteiger partial charge in [0.25, 0.3) is 0 Å². The van der Waals surface area contributed by atoms with Gasteiger partial charge in [-0.25, -0.2) is 0 Å². The van der Waals surface area contributed by atoms with Gasteiger partial charge in [-0.3, -0.25) is 9.59 Å². The topological polar surface area (TPSA) is 70.1 Å². The van der Waals surface area contributed by atoms with E-state index in [2.05, 4.69) is 0 Å². The van der Waals surface area contributed by atoms with E-state index in [1.54, 1.807) is 17.0 Å². The zero-order valence-electron chi connectivity index (χ0n) is 15.7. The van der Waals surface area contributed by atoms with Crippen LogP contribution in [0.3, 0.4) is 0 Å². The molecule has 2 heterocycles. The van der Waals surface area contributed by atoms with Gasteiger partial charge in [-0.1, -0.05) is 23.7 Å². The van der Waals surface area contributed by atoms with E-state index in [-0.39, 0.29) is 24.3 Å². The van der Waals surface area contributed by atoms with E-state index in [4.69, 9.17) is 16.3 Å². The van der Waals surface area contributed by atoms with Crippen molar-refractivity contribution in [2.75, 3.05) is 39.9 Å². The molecule has 0 radical (unpaired) electrons. The van der Waals surface area contributed by atoms with E-state index in [1.165, 1.54) is 7.11 Å². The maximum absolute atomic E-state index is 12.9. The minimum Gasteiger partial charge on any atom is -0.385 e. The molecule has 1 N–H and O–H groups in total. The van der Waals surface area contributed by atoms with E-state index in [0.29, 0.717) is 44.0 Å². The van der Waals surface area contributed by atoms with Crippen molar-refractivity contribution in [3.8, 4) is 0 Å². The second-order valence-corrected chi connectivity index (χ2v) is 7.91. The number of hydrogen-bond donors (Lipinski definition) is 1. The zero-order chi connectivity index (χ0) is 19.4. The second-order valence-electron chi connectivity index (χ2n) is 7.48. The summed E-state index contributed by atoms with van der Waals surface area (Å²) >= 11 is 5.93. The van der Waals surface area contributed by atoms with Crippen molar-refractivity contribution < 1.29 is 19.4 Å². The number of nitrogens with zero attached hydrogens (tertiary/aromatic N) is 2. The summed E-state index contributed by atoms with van der Waals surface area (Å²) in [7, 11) is 1.50. The molecule has 2 aliphatic heterocycles. The lowest BCUT2D eigenvalue weighted by molar-refractivity contribution is -0.145. The first-order chi connectivity index (χ1) is 12.9. The molecule has 1 unspecified atom stereocenters. The first kappa shape index (κ1) is 20.1. The van der Waals surface area contributed by atoms with Crippen LogP contribution in [0.1, 0.15) is 31.2 Å². The summed E-state index contributed by atoms with van der Waals surface area (Å²) in [6, 6.07) is 7.25. The third-order valence-corrected chi connectivity index (χ3v) is 5.93. The van der Waals surface area contributed by atoms with Crippen LogP contribution in [0.2, 0.25) is 5.02 Å². The van der Waals surface area contributed by atoms with Gasteiger partial charge in [-0.2, -0.15) is 0 Å². The van der Waals surface area contributed by atoms with Crippen LogP contribution >= 0.6 is 11.6 Å². The average molecular weight is 395 g/mol. The Hall–Kier alpha value is -1.63. The molecule has 2 amide bonds. The molecule has 0 bridgehead atoms. The summed E-state index contributed by atoms with van der Waals surface area (Å²) < 4.78 is 4.92. The number of aliphatic hydroxyl groups is 1. The number of benzene rings is 1. The molecule has 2 fully saturated rings. The van der Waals surface area contributed by atoms with Gasteiger partial charge < -0.3 is 19.6 Å². The van der Waals surface area contributed by atoms with Crippen molar-refractivity contribution in [2.45, 2.75) is 31.3 Å². The van der Waals surface area contributed by atoms with E-state index in [1.807, 2.05) is 17.0 Å². The molecule has 148 valence electrons. The maximum Gasteiger partial charge on any atom is 0.248 e.